The number of aromatic amines is 1. The summed E-state index contributed by atoms with van der Waals surface area (Å²) >= 11 is 0. The van der Waals surface area contributed by atoms with E-state index in [1.807, 2.05) is 0 Å². The van der Waals surface area contributed by atoms with E-state index in [1.54, 1.807) is 6.20 Å². The maximum absolute atomic E-state index is 9.88. The van der Waals surface area contributed by atoms with Crippen LogP contribution in [-0.2, 0) is 4.74 Å². The molecule has 34 heavy (non-hydrogen) atoms. The normalized spacial score (nSPS) is 22.5. The Morgan fingerprint density at radius 2 is 1.97 bits per heavy atom. The van der Waals surface area contributed by atoms with Gasteiger partial charge in [-0.1, -0.05) is 6.07 Å². The van der Waals surface area contributed by atoms with Crippen molar-refractivity contribution in [3.8, 4) is 6.07 Å². The van der Waals surface area contributed by atoms with Crippen LogP contribution in [0.5, 0.6) is 0 Å². The number of pyridine rings is 2. The minimum atomic E-state index is -0.0761. The molecule has 0 aromatic carbocycles. The highest BCUT2D eigenvalue weighted by molar-refractivity contribution is 5.95. The molecule has 1 unspecified atom stereocenters. The molecule has 0 amide bonds. The van der Waals surface area contributed by atoms with E-state index in [2.05, 4.69) is 76.7 Å². The highest BCUT2D eigenvalue weighted by atomic mass is 16.5. The molecule has 178 valence electrons. The Bertz CT molecular complexity index is 1180. The van der Waals surface area contributed by atoms with Crippen molar-refractivity contribution in [3.63, 3.8) is 0 Å². The van der Waals surface area contributed by atoms with E-state index in [4.69, 9.17) is 9.72 Å². The molecule has 8 nitrogen and oxygen atoms in total. The van der Waals surface area contributed by atoms with Gasteiger partial charge in [0.1, 0.15) is 17.5 Å². The molecule has 2 aliphatic rings. The number of hydrogen-bond acceptors (Lipinski definition) is 7. The average molecular weight is 460 g/mol. The Morgan fingerprint density at radius 3 is 2.71 bits per heavy atom. The molecule has 8 heteroatoms. The van der Waals surface area contributed by atoms with E-state index in [0.717, 1.165) is 67.4 Å². The number of aromatic nitrogens is 3. The number of nitrogens with zero attached hydrogens (tertiary/aromatic N) is 4. The second-order valence-electron chi connectivity index (χ2n) is 9.67. The van der Waals surface area contributed by atoms with Crippen LogP contribution >= 0.6 is 0 Å². The molecule has 2 aliphatic heterocycles. The topological polar surface area (TPSA) is 102 Å². The van der Waals surface area contributed by atoms with Gasteiger partial charge in [-0.05, 0) is 57.2 Å². The van der Waals surface area contributed by atoms with Gasteiger partial charge in [0.25, 0.3) is 0 Å². The monoisotopic (exact) mass is 459 g/mol. The number of fused-ring (bicyclic) bond motifs is 1. The van der Waals surface area contributed by atoms with Crippen LogP contribution in [0.1, 0.15) is 62.4 Å². The van der Waals surface area contributed by atoms with E-state index in [-0.39, 0.29) is 6.04 Å². The number of hydrogen-bond donors (Lipinski definition) is 3. The molecular formula is C26H33N7O. The first-order valence-electron chi connectivity index (χ1n) is 12.3. The van der Waals surface area contributed by atoms with E-state index in [1.165, 1.54) is 5.56 Å². The van der Waals surface area contributed by atoms with Crippen LogP contribution in [0.4, 0.5) is 11.5 Å². The Hall–Kier alpha value is -3.15. The van der Waals surface area contributed by atoms with Gasteiger partial charge in [-0.25, -0.2) is 9.97 Å². The summed E-state index contributed by atoms with van der Waals surface area (Å²) in [6.07, 6.45) is 5.65. The molecule has 0 saturated carbocycles. The van der Waals surface area contributed by atoms with E-state index in [9.17, 15) is 5.26 Å². The van der Waals surface area contributed by atoms with Crippen LogP contribution in [0.3, 0.4) is 0 Å². The van der Waals surface area contributed by atoms with Crippen molar-refractivity contribution >= 4 is 22.5 Å². The molecule has 3 N–H and O–H groups in total. The fraction of sp³-hybridized carbons (Fsp3) is 0.500. The Morgan fingerprint density at radius 1 is 1.21 bits per heavy atom. The molecule has 3 aromatic heterocycles. The van der Waals surface area contributed by atoms with Crippen molar-refractivity contribution in [2.45, 2.75) is 57.7 Å². The van der Waals surface area contributed by atoms with Crippen LogP contribution in [-0.4, -0.2) is 53.3 Å². The summed E-state index contributed by atoms with van der Waals surface area (Å²) in [5, 5.41) is 18.1. The predicted molar refractivity (Wildman–Crippen MR) is 134 cm³/mol. The Labute approximate surface area is 200 Å². The quantitative estimate of drug-likeness (QED) is 0.528. The van der Waals surface area contributed by atoms with Crippen molar-refractivity contribution in [3.05, 3.63) is 47.4 Å². The third-order valence-electron chi connectivity index (χ3n) is 6.96. The number of nitriles is 1. The molecule has 0 spiro atoms. The second-order valence-corrected chi connectivity index (χ2v) is 9.67. The highest BCUT2D eigenvalue weighted by Crippen LogP contribution is 2.38. The first-order valence-corrected chi connectivity index (χ1v) is 12.3. The standard InChI is InChI=1S/C26H33N7O/c1-16-14-33(15-17(2)30-16)23-6-4-5-22(32-23)18(3)31-25-20(11-27)12-28-26-24(25)21(13-29-26)19-7-9-34-10-8-19/h4-6,12-13,16-19,30H,7-10,14-15H2,1-3H3,(H2,28,29,31)/t16-,17+,18?. The summed E-state index contributed by atoms with van der Waals surface area (Å²) in [5.74, 6) is 1.39. The van der Waals surface area contributed by atoms with E-state index >= 15 is 0 Å². The summed E-state index contributed by atoms with van der Waals surface area (Å²) in [7, 11) is 0. The predicted octanol–water partition coefficient (Wildman–Crippen LogP) is 4.08. The summed E-state index contributed by atoms with van der Waals surface area (Å²) in [6.45, 7) is 9.92. The fourth-order valence-electron chi connectivity index (χ4n) is 5.35. The summed E-state index contributed by atoms with van der Waals surface area (Å²) in [4.78, 5) is 15.2. The van der Waals surface area contributed by atoms with Crippen LogP contribution in [0.25, 0.3) is 11.0 Å². The van der Waals surface area contributed by atoms with Gasteiger partial charge in [-0.2, -0.15) is 5.26 Å². The number of anilines is 2. The lowest BCUT2D eigenvalue weighted by atomic mass is 9.91. The van der Waals surface area contributed by atoms with Crippen LogP contribution < -0.4 is 15.5 Å². The van der Waals surface area contributed by atoms with Crippen molar-refractivity contribution in [2.75, 3.05) is 36.5 Å². The minimum Gasteiger partial charge on any atom is -0.381 e. The number of H-pyrrole nitrogens is 1. The van der Waals surface area contributed by atoms with Crippen LogP contribution in [0.15, 0.2) is 30.6 Å². The van der Waals surface area contributed by atoms with Crippen LogP contribution in [0, 0.1) is 11.3 Å². The van der Waals surface area contributed by atoms with Crippen LogP contribution in [0.2, 0.25) is 0 Å². The van der Waals surface area contributed by atoms with E-state index in [0.29, 0.717) is 23.6 Å². The average Bonchev–Trinajstić information content (AvgIpc) is 3.29. The van der Waals surface area contributed by atoms with Gasteiger partial charge in [0.05, 0.1) is 23.0 Å². The summed E-state index contributed by atoms with van der Waals surface area (Å²) in [5.41, 5.74) is 4.35. The van der Waals surface area contributed by atoms with Crippen molar-refractivity contribution in [1.82, 2.24) is 20.3 Å². The zero-order valence-electron chi connectivity index (χ0n) is 20.1. The molecule has 0 bridgehead atoms. The first kappa shape index (κ1) is 22.6. The SMILES string of the molecule is CC(Nc1c(C#N)cnc2[nH]cc(C3CCOCC3)c12)c1cccc(N2C[C@@H](C)N[C@@H](C)C2)n1. The number of ether oxygens (including phenoxy) is 1. The largest absolute Gasteiger partial charge is 0.381 e. The third-order valence-corrected chi connectivity index (χ3v) is 6.96. The lowest BCUT2D eigenvalue weighted by molar-refractivity contribution is 0.0856. The van der Waals surface area contributed by atoms with Gasteiger partial charge >= 0.3 is 0 Å². The van der Waals surface area contributed by atoms with Crippen molar-refractivity contribution < 1.29 is 4.74 Å². The molecule has 5 heterocycles. The first-order chi connectivity index (χ1) is 16.5. The Balaban J connectivity index is 1.46. The van der Waals surface area contributed by atoms with Crippen molar-refractivity contribution in [1.29, 1.82) is 5.26 Å². The number of nitrogens with one attached hydrogen (secondary N) is 3. The van der Waals surface area contributed by atoms with Gasteiger partial charge < -0.3 is 25.3 Å². The fourth-order valence-corrected chi connectivity index (χ4v) is 5.35. The molecule has 5 rings (SSSR count). The molecule has 0 radical (unpaired) electrons. The molecule has 3 atom stereocenters. The lowest BCUT2D eigenvalue weighted by Gasteiger charge is -2.37. The number of rotatable bonds is 5. The highest BCUT2D eigenvalue weighted by Gasteiger charge is 2.25. The van der Waals surface area contributed by atoms with E-state index < -0.39 is 0 Å². The molecule has 0 aliphatic carbocycles. The maximum atomic E-state index is 9.88. The maximum Gasteiger partial charge on any atom is 0.139 e. The van der Waals surface area contributed by atoms with Gasteiger partial charge in [0, 0.05) is 56.2 Å². The molecular weight excluding hydrogens is 426 g/mol. The molecule has 2 fully saturated rings. The smallest absolute Gasteiger partial charge is 0.139 e. The molecule has 2 saturated heterocycles. The zero-order chi connectivity index (χ0) is 23.7. The molecule has 3 aromatic rings. The van der Waals surface area contributed by atoms with Gasteiger partial charge in [0.2, 0.25) is 0 Å². The lowest BCUT2D eigenvalue weighted by Crippen LogP contribution is -2.54. The second kappa shape index (κ2) is 9.61. The Kier molecular flexibility index (Phi) is 6.40. The van der Waals surface area contributed by atoms with Gasteiger partial charge in [-0.15, -0.1) is 0 Å². The third kappa shape index (κ3) is 4.46. The van der Waals surface area contributed by atoms with Gasteiger partial charge in [0.15, 0.2) is 0 Å². The summed E-state index contributed by atoms with van der Waals surface area (Å²) < 4.78 is 5.57. The van der Waals surface area contributed by atoms with Gasteiger partial charge in [-0.3, -0.25) is 0 Å². The van der Waals surface area contributed by atoms with Crippen molar-refractivity contribution in [2.24, 2.45) is 0 Å². The minimum absolute atomic E-state index is 0.0761. The zero-order valence-corrected chi connectivity index (χ0v) is 20.1. The summed E-state index contributed by atoms with van der Waals surface area (Å²) in [6, 6.07) is 9.32. The number of piperazine rings is 1.